The lowest BCUT2D eigenvalue weighted by Gasteiger charge is -2.33. The molecule has 1 aliphatic heterocycles. The summed E-state index contributed by atoms with van der Waals surface area (Å²) in [5.41, 5.74) is 3.64. The van der Waals surface area contributed by atoms with Gasteiger partial charge in [0.05, 0.1) is 5.25 Å². The van der Waals surface area contributed by atoms with Crippen molar-refractivity contribution in [2.45, 2.75) is 57.0 Å². The zero-order valence-corrected chi connectivity index (χ0v) is 20.9. The van der Waals surface area contributed by atoms with Crippen LogP contribution in [0.5, 0.6) is 5.75 Å². The van der Waals surface area contributed by atoms with E-state index in [4.69, 9.17) is 10.6 Å². The van der Waals surface area contributed by atoms with Gasteiger partial charge >= 0.3 is 0 Å². The van der Waals surface area contributed by atoms with E-state index in [9.17, 15) is 4.79 Å². The maximum atomic E-state index is 13.0. The number of thioether (sulfide) groups is 1. The van der Waals surface area contributed by atoms with Crippen molar-refractivity contribution < 1.29 is 9.53 Å². The van der Waals surface area contributed by atoms with Crippen molar-refractivity contribution in [3.8, 4) is 5.75 Å². The Bertz CT molecular complexity index is 1090. The van der Waals surface area contributed by atoms with Crippen LogP contribution in [0.2, 0.25) is 0 Å². The molecule has 2 N–H and O–H groups in total. The Morgan fingerprint density at radius 1 is 1.12 bits per heavy atom. The third kappa shape index (κ3) is 6.11. The number of hydrogen-bond acceptors (Lipinski definition) is 6. The lowest BCUT2D eigenvalue weighted by atomic mass is 9.90. The van der Waals surface area contributed by atoms with Crippen molar-refractivity contribution in [1.82, 2.24) is 19.8 Å². The fourth-order valence-electron chi connectivity index (χ4n) is 4.42. The van der Waals surface area contributed by atoms with Crippen LogP contribution < -0.4 is 10.6 Å². The third-order valence-corrected chi connectivity index (χ3v) is 7.27. The highest BCUT2D eigenvalue weighted by atomic mass is 32.2. The molecule has 8 heteroatoms. The Labute approximate surface area is 205 Å². The summed E-state index contributed by atoms with van der Waals surface area (Å²) in [5.74, 6) is 8.25. The van der Waals surface area contributed by atoms with Crippen molar-refractivity contribution in [2.75, 3.05) is 18.9 Å². The molecular weight excluding hydrogens is 446 g/mol. The molecule has 1 aliphatic rings. The summed E-state index contributed by atoms with van der Waals surface area (Å²) in [6, 6.07) is 16.6. The van der Waals surface area contributed by atoms with E-state index in [0.29, 0.717) is 16.9 Å². The number of likely N-dealkylation sites (tertiary alicyclic amines) is 1. The van der Waals surface area contributed by atoms with E-state index < -0.39 is 0 Å². The highest BCUT2D eigenvalue weighted by molar-refractivity contribution is 8.00. The Kier molecular flexibility index (Phi) is 7.77. The molecule has 4 rings (SSSR count). The fourth-order valence-corrected chi connectivity index (χ4v) is 5.29. The SMILES string of the molecule is Cc1cc(C)cc(OCc2nnc(SC(C)C(=O)N3CCC(Cc4ccccc4)CC3)n2N)c1. The van der Waals surface area contributed by atoms with E-state index >= 15 is 0 Å². The lowest BCUT2D eigenvalue weighted by Crippen LogP contribution is -2.42. The molecule has 1 saturated heterocycles. The maximum absolute atomic E-state index is 13.0. The van der Waals surface area contributed by atoms with Gasteiger partial charge in [0.25, 0.3) is 0 Å². The van der Waals surface area contributed by atoms with Gasteiger partial charge in [0.2, 0.25) is 11.1 Å². The largest absolute Gasteiger partial charge is 0.486 e. The molecule has 180 valence electrons. The number of hydrogen-bond donors (Lipinski definition) is 1. The van der Waals surface area contributed by atoms with Gasteiger partial charge in [-0.1, -0.05) is 48.2 Å². The van der Waals surface area contributed by atoms with E-state index in [0.717, 1.165) is 49.2 Å². The number of aromatic nitrogens is 3. The summed E-state index contributed by atoms with van der Waals surface area (Å²) in [7, 11) is 0. The van der Waals surface area contributed by atoms with Gasteiger partial charge in [0, 0.05) is 13.1 Å². The van der Waals surface area contributed by atoms with Gasteiger partial charge in [0.1, 0.15) is 12.4 Å². The zero-order chi connectivity index (χ0) is 24.1. The quantitative estimate of drug-likeness (QED) is 0.386. The number of piperidine rings is 1. The van der Waals surface area contributed by atoms with Gasteiger partial charge in [-0.2, -0.15) is 0 Å². The smallest absolute Gasteiger partial charge is 0.235 e. The van der Waals surface area contributed by atoms with Crippen molar-refractivity contribution in [3.05, 3.63) is 71.0 Å². The normalized spacial score (nSPS) is 15.3. The minimum Gasteiger partial charge on any atom is -0.486 e. The monoisotopic (exact) mass is 479 g/mol. The van der Waals surface area contributed by atoms with Crippen LogP contribution in [-0.2, 0) is 17.8 Å². The maximum Gasteiger partial charge on any atom is 0.235 e. The molecule has 0 spiro atoms. The van der Waals surface area contributed by atoms with Crippen LogP contribution in [0.25, 0.3) is 0 Å². The van der Waals surface area contributed by atoms with Crippen LogP contribution >= 0.6 is 11.8 Å². The molecule has 2 aromatic carbocycles. The van der Waals surface area contributed by atoms with Gasteiger partial charge in [-0.3, -0.25) is 4.79 Å². The van der Waals surface area contributed by atoms with E-state index in [1.54, 1.807) is 0 Å². The second kappa shape index (κ2) is 11.0. The van der Waals surface area contributed by atoms with E-state index in [2.05, 4.69) is 40.5 Å². The summed E-state index contributed by atoms with van der Waals surface area (Å²) in [4.78, 5) is 15.0. The van der Waals surface area contributed by atoms with Crippen molar-refractivity contribution >= 4 is 17.7 Å². The van der Waals surface area contributed by atoms with Crippen LogP contribution in [0.3, 0.4) is 0 Å². The minimum atomic E-state index is -0.287. The molecule has 0 aliphatic carbocycles. The number of aryl methyl sites for hydroxylation is 2. The summed E-state index contributed by atoms with van der Waals surface area (Å²) < 4.78 is 7.28. The van der Waals surface area contributed by atoms with Crippen molar-refractivity contribution in [1.29, 1.82) is 0 Å². The van der Waals surface area contributed by atoms with Crippen LogP contribution in [0.1, 0.15) is 42.3 Å². The molecule has 1 fully saturated rings. The third-order valence-electron chi connectivity index (χ3n) is 6.22. The Morgan fingerprint density at radius 2 is 1.79 bits per heavy atom. The topological polar surface area (TPSA) is 86.3 Å². The number of nitrogens with zero attached hydrogens (tertiary/aromatic N) is 4. The van der Waals surface area contributed by atoms with Crippen LogP contribution in [0, 0.1) is 19.8 Å². The van der Waals surface area contributed by atoms with E-state index in [1.807, 2.05) is 43.9 Å². The number of benzene rings is 2. The van der Waals surface area contributed by atoms with Crippen LogP contribution in [0.15, 0.2) is 53.7 Å². The predicted octanol–water partition coefficient (Wildman–Crippen LogP) is 4.15. The molecule has 1 aromatic heterocycles. The molecule has 1 atom stereocenters. The first-order chi connectivity index (χ1) is 16.4. The molecule has 34 heavy (non-hydrogen) atoms. The number of nitrogens with two attached hydrogens (primary N) is 1. The second-order valence-corrected chi connectivity index (χ2v) is 10.4. The first-order valence-electron chi connectivity index (χ1n) is 11.8. The van der Waals surface area contributed by atoms with Crippen LogP contribution in [-0.4, -0.2) is 44.0 Å². The number of nitrogen functional groups attached to an aromatic ring is 1. The van der Waals surface area contributed by atoms with Gasteiger partial charge in [-0.25, -0.2) is 4.68 Å². The molecule has 0 radical (unpaired) electrons. The van der Waals surface area contributed by atoms with E-state index in [1.165, 1.54) is 22.0 Å². The highest BCUT2D eigenvalue weighted by Crippen LogP contribution is 2.27. The van der Waals surface area contributed by atoms with Gasteiger partial charge in [0.15, 0.2) is 5.82 Å². The van der Waals surface area contributed by atoms with Crippen molar-refractivity contribution in [3.63, 3.8) is 0 Å². The number of amides is 1. The molecular formula is C26H33N5O2S. The average Bonchev–Trinajstić information content (AvgIpc) is 3.17. The standard InChI is InChI=1S/C26H33N5O2S/c1-18-13-19(2)15-23(14-18)33-17-24-28-29-26(31(24)27)34-20(3)25(32)30-11-9-22(10-12-30)16-21-7-5-4-6-8-21/h4-8,13-15,20,22H,9-12,16-17,27H2,1-3H3. The molecule has 7 nitrogen and oxygen atoms in total. The number of carbonyl (C=O) groups is 1. The van der Waals surface area contributed by atoms with Crippen LogP contribution in [0.4, 0.5) is 0 Å². The average molecular weight is 480 g/mol. The second-order valence-electron chi connectivity index (χ2n) is 9.10. The minimum absolute atomic E-state index is 0.124. The van der Waals surface area contributed by atoms with E-state index in [-0.39, 0.29) is 17.8 Å². The summed E-state index contributed by atoms with van der Waals surface area (Å²) in [5, 5.41) is 8.58. The highest BCUT2D eigenvalue weighted by Gasteiger charge is 2.28. The van der Waals surface area contributed by atoms with Crippen molar-refractivity contribution in [2.24, 2.45) is 5.92 Å². The molecule has 3 aromatic rings. The Hall–Kier alpha value is -3.00. The van der Waals surface area contributed by atoms with Gasteiger partial charge in [-0.15, -0.1) is 10.2 Å². The predicted molar refractivity (Wildman–Crippen MR) is 135 cm³/mol. The fraction of sp³-hybridized carbons (Fsp3) is 0.423. The molecule has 0 bridgehead atoms. The summed E-state index contributed by atoms with van der Waals surface area (Å²) >= 11 is 1.34. The first-order valence-corrected chi connectivity index (χ1v) is 12.7. The molecule has 0 saturated carbocycles. The lowest BCUT2D eigenvalue weighted by molar-refractivity contribution is -0.131. The number of rotatable bonds is 8. The number of carbonyl (C=O) groups excluding carboxylic acids is 1. The molecule has 2 heterocycles. The van der Waals surface area contributed by atoms with Gasteiger partial charge in [-0.05, 0) is 74.8 Å². The molecule has 1 amide bonds. The van der Waals surface area contributed by atoms with Gasteiger partial charge < -0.3 is 15.5 Å². The molecule has 1 unspecified atom stereocenters. The Morgan fingerprint density at radius 3 is 2.47 bits per heavy atom. The Balaban J connectivity index is 1.27. The summed E-state index contributed by atoms with van der Waals surface area (Å²) in [6.07, 6.45) is 3.15. The summed E-state index contributed by atoms with van der Waals surface area (Å²) in [6.45, 7) is 7.78. The number of ether oxygens (including phenoxy) is 1. The first kappa shape index (κ1) is 24.1. The zero-order valence-electron chi connectivity index (χ0n) is 20.1.